The van der Waals surface area contributed by atoms with Gasteiger partial charge in [-0.05, 0) is 54.3 Å². The van der Waals surface area contributed by atoms with Crippen LogP contribution in [-0.2, 0) is 21.6 Å². The highest BCUT2D eigenvalue weighted by molar-refractivity contribution is 6.04. The normalized spacial score (nSPS) is 16.0. The summed E-state index contributed by atoms with van der Waals surface area (Å²) in [5, 5.41) is 19.9. The van der Waals surface area contributed by atoms with Gasteiger partial charge in [0.05, 0.1) is 6.61 Å². The van der Waals surface area contributed by atoms with Gasteiger partial charge >= 0.3 is 5.97 Å². The quantitative estimate of drug-likeness (QED) is 0.456. The van der Waals surface area contributed by atoms with Gasteiger partial charge in [0.25, 0.3) is 0 Å². The lowest BCUT2D eigenvalue weighted by Gasteiger charge is -2.26. The van der Waals surface area contributed by atoms with E-state index in [0.29, 0.717) is 12.2 Å². The Balaban J connectivity index is 2.44. The van der Waals surface area contributed by atoms with Crippen LogP contribution in [0.1, 0.15) is 36.5 Å². The van der Waals surface area contributed by atoms with Crippen LogP contribution in [0.4, 0.5) is 0 Å². The number of aliphatic hydroxyl groups is 1. The van der Waals surface area contributed by atoms with Crippen LogP contribution in [-0.4, -0.2) is 28.6 Å². The van der Waals surface area contributed by atoms with Crippen molar-refractivity contribution in [2.75, 3.05) is 6.61 Å². The van der Waals surface area contributed by atoms with E-state index in [4.69, 9.17) is 9.84 Å². The molecule has 0 radical (unpaired) electrons. The van der Waals surface area contributed by atoms with Gasteiger partial charge < -0.3 is 14.9 Å². The number of benzene rings is 1. The Kier molecular flexibility index (Phi) is 5.24. The largest absolute Gasteiger partial charge is 0.493 e. The molecule has 5 nitrogen and oxygen atoms in total. The molecule has 0 amide bonds. The first kappa shape index (κ1) is 17.9. The van der Waals surface area contributed by atoms with Crippen LogP contribution in [0.15, 0.2) is 36.4 Å². The van der Waals surface area contributed by atoms with Gasteiger partial charge in [0.1, 0.15) is 17.8 Å². The van der Waals surface area contributed by atoms with E-state index < -0.39 is 23.8 Å². The molecule has 1 aliphatic heterocycles. The summed E-state index contributed by atoms with van der Waals surface area (Å²) in [6.07, 6.45) is 3.39. The Labute approximate surface area is 141 Å². The highest BCUT2D eigenvalue weighted by atomic mass is 16.5. The number of carbonyl (C=O) groups excluding carboxylic acids is 1. The van der Waals surface area contributed by atoms with Gasteiger partial charge in [-0.2, -0.15) is 0 Å². The van der Waals surface area contributed by atoms with Gasteiger partial charge in [-0.1, -0.05) is 6.08 Å². The predicted molar refractivity (Wildman–Crippen MR) is 90.1 cm³/mol. The van der Waals surface area contributed by atoms with Crippen molar-refractivity contribution in [3.8, 4) is 5.75 Å². The van der Waals surface area contributed by atoms with Crippen molar-refractivity contribution < 1.29 is 24.5 Å². The average molecular weight is 330 g/mol. The number of carbonyl (C=O) groups is 2. The number of rotatable bonds is 7. The average Bonchev–Trinajstić information content (AvgIpc) is 2.95. The lowest BCUT2D eigenvalue weighted by Crippen LogP contribution is -2.24. The maximum Gasteiger partial charge on any atom is 0.311 e. The first-order valence-corrected chi connectivity index (χ1v) is 7.81. The third-order valence-electron chi connectivity index (χ3n) is 4.13. The van der Waals surface area contributed by atoms with Gasteiger partial charge in [0.15, 0.2) is 5.78 Å². The fourth-order valence-electron chi connectivity index (χ4n) is 2.95. The van der Waals surface area contributed by atoms with E-state index in [-0.39, 0.29) is 12.0 Å². The highest BCUT2D eigenvalue weighted by Gasteiger charge is 2.29. The molecule has 0 aliphatic carbocycles. The Morgan fingerprint density at radius 1 is 1.42 bits per heavy atom. The number of allylic oxidation sites excluding steroid dienone is 1. The van der Waals surface area contributed by atoms with Gasteiger partial charge in [0, 0.05) is 12.8 Å². The number of aliphatic carboxylic acids is 1. The Morgan fingerprint density at radius 2 is 2.12 bits per heavy atom. The van der Waals surface area contributed by atoms with E-state index in [2.05, 4.69) is 6.58 Å². The minimum Gasteiger partial charge on any atom is -0.493 e. The molecule has 1 atom stereocenters. The zero-order valence-electron chi connectivity index (χ0n) is 14.0. The summed E-state index contributed by atoms with van der Waals surface area (Å²) >= 11 is 0. The number of carboxylic acid groups (broad SMARTS) is 1. The molecule has 0 spiro atoms. The van der Waals surface area contributed by atoms with Crippen LogP contribution in [0.25, 0.3) is 0 Å². The van der Waals surface area contributed by atoms with E-state index in [1.54, 1.807) is 6.08 Å². The number of ether oxygens (including phenoxy) is 1. The highest BCUT2D eigenvalue weighted by Crippen LogP contribution is 2.36. The van der Waals surface area contributed by atoms with Crippen molar-refractivity contribution in [1.29, 1.82) is 0 Å². The molecule has 0 fully saturated rings. The fraction of sp³-hybridized carbons (Fsp3) is 0.368. The lowest BCUT2D eigenvalue weighted by molar-refractivity contribution is -0.139. The molecular formula is C19H22O5. The second kappa shape index (κ2) is 7.01. The maximum absolute atomic E-state index is 11.9. The van der Waals surface area contributed by atoms with Crippen molar-refractivity contribution in [2.24, 2.45) is 0 Å². The van der Waals surface area contributed by atoms with Crippen molar-refractivity contribution >= 4 is 11.8 Å². The second-order valence-electron chi connectivity index (χ2n) is 6.12. The Morgan fingerprint density at radius 3 is 2.75 bits per heavy atom. The molecule has 2 rings (SSSR count). The topological polar surface area (TPSA) is 83.8 Å². The van der Waals surface area contributed by atoms with E-state index >= 15 is 0 Å². The van der Waals surface area contributed by atoms with Crippen LogP contribution in [0, 0.1) is 6.92 Å². The molecule has 0 saturated carbocycles. The maximum atomic E-state index is 11.9. The minimum absolute atomic E-state index is 0.212. The van der Waals surface area contributed by atoms with E-state index in [1.807, 2.05) is 19.1 Å². The summed E-state index contributed by atoms with van der Waals surface area (Å²) in [5.41, 5.74) is 1.39. The number of hydrogen-bond acceptors (Lipinski definition) is 4. The molecule has 2 N–H and O–H groups in total. The molecular weight excluding hydrogens is 308 g/mol. The van der Waals surface area contributed by atoms with Crippen molar-refractivity contribution in [1.82, 2.24) is 0 Å². The first-order chi connectivity index (χ1) is 11.3. The monoisotopic (exact) mass is 330 g/mol. The zero-order valence-corrected chi connectivity index (χ0v) is 14.0. The van der Waals surface area contributed by atoms with Gasteiger partial charge in [-0.3, -0.25) is 9.59 Å². The standard InChI is InChI=1S/C19H22O5/c1-4-6-19(23,11-13(3)16(20)10-17(21)22)15-8-12(2)18-14(9-15)5-7-24-18/h4,8-9,11,23H,1,5-7,10H2,2-3H3,(H,21,22). The molecule has 1 aromatic carbocycles. The lowest BCUT2D eigenvalue weighted by atomic mass is 9.85. The number of carboxylic acids is 1. The van der Waals surface area contributed by atoms with Crippen LogP contribution >= 0.6 is 0 Å². The zero-order chi connectivity index (χ0) is 17.9. The van der Waals surface area contributed by atoms with Crippen LogP contribution in [0.5, 0.6) is 5.75 Å². The summed E-state index contributed by atoms with van der Waals surface area (Å²) in [7, 11) is 0. The van der Waals surface area contributed by atoms with Gasteiger partial charge in [-0.25, -0.2) is 0 Å². The van der Waals surface area contributed by atoms with E-state index in [0.717, 1.165) is 23.3 Å². The van der Waals surface area contributed by atoms with Crippen LogP contribution in [0.3, 0.4) is 0 Å². The molecule has 5 heteroatoms. The smallest absolute Gasteiger partial charge is 0.311 e. The number of hydrogen-bond donors (Lipinski definition) is 2. The molecule has 128 valence electrons. The van der Waals surface area contributed by atoms with Crippen LogP contribution < -0.4 is 4.74 Å². The molecule has 24 heavy (non-hydrogen) atoms. The molecule has 0 bridgehead atoms. The Hall–Kier alpha value is -2.40. The third-order valence-corrected chi connectivity index (χ3v) is 4.13. The van der Waals surface area contributed by atoms with Gasteiger partial charge in [-0.15, -0.1) is 6.58 Å². The summed E-state index contributed by atoms with van der Waals surface area (Å²) in [6, 6.07) is 3.71. The van der Waals surface area contributed by atoms with Crippen molar-refractivity contribution in [2.45, 2.75) is 38.7 Å². The van der Waals surface area contributed by atoms with E-state index in [1.165, 1.54) is 13.0 Å². The Bertz CT molecular complexity index is 717. The summed E-state index contributed by atoms with van der Waals surface area (Å²) < 4.78 is 5.58. The van der Waals surface area contributed by atoms with Crippen molar-refractivity contribution in [3.63, 3.8) is 0 Å². The first-order valence-electron chi connectivity index (χ1n) is 7.81. The number of aryl methyl sites for hydroxylation is 1. The van der Waals surface area contributed by atoms with Gasteiger partial charge in [0.2, 0.25) is 0 Å². The number of Topliss-reactive ketones (excluding diaryl/α,β-unsaturated/α-hetero) is 1. The second-order valence-corrected chi connectivity index (χ2v) is 6.12. The van der Waals surface area contributed by atoms with Crippen LogP contribution in [0.2, 0.25) is 0 Å². The molecule has 0 aromatic heterocycles. The van der Waals surface area contributed by atoms with E-state index in [9.17, 15) is 14.7 Å². The molecule has 0 saturated heterocycles. The number of ketones is 1. The summed E-state index contributed by atoms with van der Waals surface area (Å²) in [6.45, 7) is 7.72. The SMILES string of the molecule is C=CCC(O)(C=C(C)C(=O)CC(=O)O)c1cc(C)c2c(c1)CCO2. The number of fused-ring (bicyclic) bond motifs is 1. The fourth-order valence-corrected chi connectivity index (χ4v) is 2.95. The summed E-state index contributed by atoms with van der Waals surface area (Å²) in [4.78, 5) is 22.6. The molecule has 1 heterocycles. The third kappa shape index (κ3) is 3.74. The van der Waals surface area contributed by atoms with Crippen molar-refractivity contribution in [3.05, 3.63) is 53.1 Å². The molecule has 1 aliphatic rings. The summed E-state index contributed by atoms with van der Waals surface area (Å²) in [5.74, 6) is -0.862. The predicted octanol–water partition coefficient (Wildman–Crippen LogP) is 2.68. The molecule has 1 unspecified atom stereocenters. The molecule has 1 aromatic rings. The minimum atomic E-state index is -1.41.